The number of aromatic amines is 1. The van der Waals surface area contributed by atoms with E-state index < -0.39 is 12.2 Å². The summed E-state index contributed by atoms with van der Waals surface area (Å²) in [6, 6.07) is 19.9. The van der Waals surface area contributed by atoms with Crippen molar-refractivity contribution in [3.05, 3.63) is 78.1 Å². The van der Waals surface area contributed by atoms with Crippen molar-refractivity contribution in [2.75, 3.05) is 5.32 Å². The average Bonchev–Trinajstić information content (AvgIpc) is 3.35. The Balaban J connectivity index is 1.37. The van der Waals surface area contributed by atoms with Crippen LogP contribution in [0.15, 0.2) is 66.7 Å². The lowest BCUT2D eigenvalue weighted by molar-refractivity contribution is 0.102. The monoisotopic (exact) mass is 417 g/mol. The predicted molar refractivity (Wildman–Crippen MR) is 115 cm³/mol. The fourth-order valence-corrected chi connectivity index (χ4v) is 3.58. The van der Waals surface area contributed by atoms with Gasteiger partial charge in [-0.3, -0.25) is 4.79 Å². The number of amides is 1. The molecular weight excluding hydrogens is 400 g/mol. The van der Waals surface area contributed by atoms with Gasteiger partial charge in [0.2, 0.25) is 0 Å². The molecule has 31 heavy (non-hydrogen) atoms. The molecule has 0 saturated heterocycles. The fourth-order valence-electron chi connectivity index (χ4n) is 3.58. The molecule has 0 radical (unpaired) electrons. The van der Waals surface area contributed by atoms with Crippen molar-refractivity contribution in [3.63, 3.8) is 0 Å². The Morgan fingerprint density at radius 2 is 1.77 bits per heavy atom. The highest BCUT2D eigenvalue weighted by molar-refractivity contribution is 6.06. The summed E-state index contributed by atoms with van der Waals surface area (Å²) in [7, 11) is 1.96. The van der Waals surface area contributed by atoms with Crippen molar-refractivity contribution >= 4 is 33.7 Å². The Morgan fingerprint density at radius 1 is 1.00 bits per heavy atom. The number of nitrogens with zero attached hydrogens (tertiary/aromatic N) is 3. The Hall–Kier alpha value is -4.07. The number of hydrogen-bond donors (Lipinski definition) is 2. The first-order valence-electron chi connectivity index (χ1n) is 9.60. The maximum absolute atomic E-state index is 12.8. The molecule has 0 aliphatic rings. The van der Waals surface area contributed by atoms with E-state index in [0.29, 0.717) is 22.3 Å². The van der Waals surface area contributed by atoms with E-state index >= 15 is 0 Å². The molecule has 0 unspecified atom stereocenters. The van der Waals surface area contributed by atoms with Gasteiger partial charge in [-0.05, 0) is 54.6 Å². The fraction of sp³-hybridized carbons (Fsp3) is 0.0870. The van der Waals surface area contributed by atoms with Gasteiger partial charge >= 0.3 is 0 Å². The highest BCUT2D eigenvalue weighted by atomic mass is 19.3. The van der Waals surface area contributed by atoms with Gasteiger partial charge in [-0.1, -0.05) is 12.1 Å². The van der Waals surface area contributed by atoms with E-state index in [4.69, 9.17) is 0 Å². The molecule has 3 aromatic carbocycles. The van der Waals surface area contributed by atoms with Crippen LogP contribution in [0.25, 0.3) is 33.5 Å². The van der Waals surface area contributed by atoms with Crippen LogP contribution in [0, 0.1) is 0 Å². The highest BCUT2D eigenvalue weighted by Gasteiger charge is 2.15. The lowest BCUT2D eigenvalue weighted by Crippen LogP contribution is -2.11. The zero-order valence-electron chi connectivity index (χ0n) is 16.4. The number of benzene rings is 3. The number of carbonyl (C=O) groups excluding carboxylic acids is 1. The molecule has 0 saturated carbocycles. The number of para-hydroxylation sites is 2. The molecule has 5 rings (SSSR count). The standard InChI is InChI=1S/C23H17F2N5O/c1-30-19-5-3-2-4-17(19)29-22(30)13-6-9-15(10-7-13)26-23(31)14-8-11-16-18(12-14)28-21(27-16)20(24)25/h2-12,20H,1H3,(H,26,31)(H,27,28). The molecule has 2 aromatic heterocycles. The van der Waals surface area contributed by atoms with Crippen molar-refractivity contribution in [2.45, 2.75) is 6.43 Å². The summed E-state index contributed by atoms with van der Waals surface area (Å²) in [6.07, 6.45) is -2.69. The number of alkyl halides is 2. The molecule has 154 valence electrons. The smallest absolute Gasteiger partial charge is 0.295 e. The summed E-state index contributed by atoms with van der Waals surface area (Å²) in [5.41, 5.74) is 4.62. The van der Waals surface area contributed by atoms with E-state index in [1.165, 1.54) is 6.07 Å². The number of imidazole rings is 2. The number of hydrogen-bond acceptors (Lipinski definition) is 3. The van der Waals surface area contributed by atoms with Crippen LogP contribution in [0.5, 0.6) is 0 Å². The van der Waals surface area contributed by atoms with Gasteiger partial charge < -0.3 is 14.9 Å². The Bertz CT molecular complexity index is 1420. The first-order valence-corrected chi connectivity index (χ1v) is 9.60. The van der Waals surface area contributed by atoms with Crippen LogP contribution in [0.1, 0.15) is 22.6 Å². The summed E-state index contributed by atoms with van der Waals surface area (Å²) in [5.74, 6) is 0.0780. The van der Waals surface area contributed by atoms with Crippen molar-refractivity contribution in [1.82, 2.24) is 19.5 Å². The molecule has 0 aliphatic heterocycles. The SMILES string of the molecule is Cn1c(-c2ccc(NC(=O)c3ccc4nc(C(F)F)[nH]c4c3)cc2)nc2ccccc21. The molecule has 0 aliphatic carbocycles. The topological polar surface area (TPSA) is 75.6 Å². The number of aromatic nitrogens is 4. The number of fused-ring (bicyclic) bond motifs is 2. The first kappa shape index (κ1) is 18.9. The highest BCUT2D eigenvalue weighted by Crippen LogP contribution is 2.25. The maximum atomic E-state index is 12.8. The summed E-state index contributed by atoms with van der Waals surface area (Å²) in [5, 5.41) is 2.82. The van der Waals surface area contributed by atoms with E-state index in [0.717, 1.165) is 22.4 Å². The Morgan fingerprint density at radius 3 is 2.52 bits per heavy atom. The molecule has 6 nitrogen and oxygen atoms in total. The maximum Gasteiger partial charge on any atom is 0.295 e. The molecule has 2 heterocycles. The zero-order chi connectivity index (χ0) is 21.5. The molecule has 0 spiro atoms. The van der Waals surface area contributed by atoms with E-state index in [1.807, 2.05) is 48.0 Å². The minimum absolute atomic E-state index is 0.342. The lowest BCUT2D eigenvalue weighted by atomic mass is 10.1. The van der Waals surface area contributed by atoms with Crippen LogP contribution >= 0.6 is 0 Å². The lowest BCUT2D eigenvalue weighted by Gasteiger charge is -2.07. The van der Waals surface area contributed by atoms with E-state index in [2.05, 4.69) is 20.3 Å². The minimum atomic E-state index is -2.69. The van der Waals surface area contributed by atoms with Crippen LogP contribution in [0.2, 0.25) is 0 Å². The molecule has 2 N–H and O–H groups in total. The molecule has 0 atom stereocenters. The van der Waals surface area contributed by atoms with Crippen molar-refractivity contribution in [1.29, 1.82) is 0 Å². The van der Waals surface area contributed by atoms with Crippen LogP contribution in [0.3, 0.4) is 0 Å². The first-order chi connectivity index (χ1) is 15.0. The number of aryl methyl sites for hydroxylation is 1. The summed E-state index contributed by atoms with van der Waals surface area (Å²) >= 11 is 0. The third-order valence-corrected chi connectivity index (χ3v) is 5.16. The minimum Gasteiger partial charge on any atom is -0.337 e. The normalized spacial score (nSPS) is 11.5. The predicted octanol–water partition coefficient (Wildman–Crippen LogP) is 5.31. The quantitative estimate of drug-likeness (QED) is 0.416. The van der Waals surface area contributed by atoms with Gasteiger partial charge in [0, 0.05) is 23.9 Å². The van der Waals surface area contributed by atoms with Gasteiger partial charge in [0.05, 0.1) is 22.1 Å². The van der Waals surface area contributed by atoms with Gasteiger partial charge in [0.25, 0.3) is 12.3 Å². The third kappa shape index (κ3) is 3.42. The number of anilines is 1. The number of nitrogens with one attached hydrogen (secondary N) is 2. The van der Waals surface area contributed by atoms with E-state index in [1.54, 1.807) is 24.3 Å². The van der Waals surface area contributed by atoms with Gasteiger partial charge in [0.1, 0.15) is 5.82 Å². The van der Waals surface area contributed by atoms with Crippen molar-refractivity contribution < 1.29 is 13.6 Å². The number of carbonyl (C=O) groups is 1. The van der Waals surface area contributed by atoms with E-state index in [9.17, 15) is 13.6 Å². The molecule has 8 heteroatoms. The Labute approximate surface area is 175 Å². The van der Waals surface area contributed by atoms with Crippen LogP contribution in [-0.2, 0) is 7.05 Å². The third-order valence-electron chi connectivity index (χ3n) is 5.16. The molecule has 0 fully saturated rings. The number of halogens is 2. The van der Waals surface area contributed by atoms with Gasteiger partial charge in [0.15, 0.2) is 5.82 Å². The van der Waals surface area contributed by atoms with Crippen molar-refractivity contribution in [3.8, 4) is 11.4 Å². The summed E-state index contributed by atoms with van der Waals surface area (Å²) in [6.45, 7) is 0. The molecular formula is C23H17F2N5O. The van der Waals surface area contributed by atoms with Gasteiger partial charge in [-0.15, -0.1) is 0 Å². The van der Waals surface area contributed by atoms with Gasteiger partial charge in [-0.25, -0.2) is 18.7 Å². The Kier molecular flexibility index (Phi) is 4.47. The average molecular weight is 417 g/mol. The number of rotatable bonds is 4. The second-order valence-corrected chi connectivity index (χ2v) is 7.17. The van der Waals surface area contributed by atoms with Gasteiger partial charge in [-0.2, -0.15) is 0 Å². The zero-order valence-corrected chi connectivity index (χ0v) is 16.4. The van der Waals surface area contributed by atoms with Crippen LogP contribution in [-0.4, -0.2) is 25.4 Å². The van der Waals surface area contributed by atoms with E-state index in [-0.39, 0.29) is 5.91 Å². The summed E-state index contributed by atoms with van der Waals surface area (Å²) < 4.78 is 27.7. The second-order valence-electron chi connectivity index (χ2n) is 7.17. The van der Waals surface area contributed by atoms with Crippen molar-refractivity contribution in [2.24, 2.45) is 7.05 Å². The molecule has 0 bridgehead atoms. The van der Waals surface area contributed by atoms with Crippen LogP contribution < -0.4 is 5.32 Å². The molecule has 5 aromatic rings. The number of H-pyrrole nitrogens is 1. The second kappa shape index (κ2) is 7.32. The molecule has 1 amide bonds. The largest absolute Gasteiger partial charge is 0.337 e. The summed E-state index contributed by atoms with van der Waals surface area (Å²) in [4.78, 5) is 23.7. The van der Waals surface area contributed by atoms with Crippen LogP contribution in [0.4, 0.5) is 14.5 Å².